The van der Waals surface area contributed by atoms with Gasteiger partial charge < -0.3 is 0 Å². The Morgan fingerprint density at radius 1 is 1.53 bits per heavy atom. The summed E-state index contributed by atoms with van der Waals surface area (Å²) in [5, 5.41) is 2.93. The molecule has 0 saturated carbocycles. The normalized spacial score (nSPS) is 28.2. The Kier molecular flexibility index (Phi) is 4.16. The molecule has 0 amide bonds. The molecule has 1 fully saturated rings. The van der Waals surface area contributed by atoms with Gasteiger partial charge in [0.05, 0.1) is 0 Å². The summed E-state index contributed by atoms with van der Waals surface area (Å²) in [4.78, 5) is 4.06. The number of thiophene rings is 1. The first-order valence-electron chi connectivity index (χ1n) is 5.25. The molecule has 0 bridgehead atoms. The van der Waals surface area contributed by atoms with E-state index in [1.54, 1.807) is 0 Å². The van der Waals surface area contributed by atoms with Gasteiger partial charge in [-0.1, -0.05) is 6.92 Å². The van der Waals surface area contributed by atoms with Gasteiger partial charge in [-0.3, -0.25) is 4.90 Å². The quantitative estimate of drug-likeness (QED) is 0.817. The Bertz CT molecular complexity index is 326. The lowest BCUT2D eigenvalue weighted by molar-refractivity contribution is 0.206. The SMILES string of the molecule is CC1SCCN(Cc2cc(Br)cs2)C1C. The third-order valence-electron chi connectivity index (χ3n) is 3.00. The van der Waals surface area contributed by atoms with Gasteiger partial charge in [0.2, 0.25) is 0 Å². The molecular weight excluding hydrogens is 290 g/mol. The average Bonchev–Trinajstić information content (AvgIpc) is 2.59. The van der Waals surface area contributed by atoms with Crippen molar-refractivity contribution in [3.05, 3.63) is 20.8 Å². The Hall–Kier alpha value is 0.490. The molecule has 0 radical (unpaired) electrons. The number of nitrogens with zero attached hydrogens (tertiary/aromatic N) is 1. The van der Waals surface area contributed by atoms with Gasteiger partial charge >= 0.3 is 0 Å². The van der Waals surface area contributed by atoms with Crippen molar-refractivity contribution in [2.24, 2.45) is 0 Å². The van der Waals surface area contributed by atoms with Crippen LogP contribution in [-0.4, -0.2) is 28.5 Å². The number of halogens is 1. The maximum absolute atomic E-state index is 3.51. The van der Waals surface area contributed by atoms with E-state index in [4.69, 9.17) is 0 Å². The zero-order valence-corrected chi connectivity index (χ0v) is 12.3. The predicted molar refractivity (Wildman–Crippen MR) is 73.8 cm³/mol. The van der Waals surface area contributed by atoms with Crippen molar-refractivity contribution < 1.29 is 0 Å². The maximum atomic E-state index is 3.51. The second-order valence-electron chi connectivity index (χ2n) is 4.02. The van der Waals surface area contributed by atoms with E-state index in [1.807, 2.05) is 11.3 Å². The lowest BCUT2D eigenvalue weighted by Gasteiger charge is -2.37. The van der Waals surface area contributed by atoms with Gasteiger partial charge in [0.15, 0.2) is 0 Å². The maximum Gasteiger partial charge on any atom is 0.0331 e. The highest BCUT2D eigenvalue weighted by atomic mass is 79.9. The molecule has 2 rings (SSSR count). The Morgan fingerprint density at radius 2 is 2.33 bits per heavy atom. The monoisotopic (exact) mass is 305 g/mol. The standard InChI is InChI=1S/C11H16BrNS2/c1-8-9(2)14-4-3-13(8)6-11-5-10(12)7-15-11/h5,7-9H,3-4,6H2,1-2H3. The van der Waals surface area contributed by atoms with Crippen LogP contribution in [-0.2, 0) is 6.54 Å². The summed E-state index contributed by atoms with van der Waals surface area (Å²) >= 11 is 7.46. The van der Waals surface area contributed by atoms with Gasteiger partial charge in [-0.05, 0) is 28.9 Å². The highest BCUT2D eigenvalue weighted by molar-refractivity contribution is 9.10. The van der Waals surface area contributed by atoms with E-state index in [2.05, 4.69) is 57.9 Å². The minimum absolute atomic E-state index is 0.699. The summed E-state index contributed by atoms with van der Waals surface area (Å²) in [6.07, 6.45) is 0. The van der Waals surface area contributed by atoms with Crippen LogP contribution in [0.5, 0.6) is 0 Å². The zero-order valence-electron chi connectivity index (χ0n) is 9.07. The van der Waals surface area contributed by atoms with Crippen molar-refractivity contribution >= 4 is 39.0 Å². The first-order valence-corrected chi connectivity index (χ1v) is 7.97. The molecule has 1 aliphatic rings. The Labute approximate surface area is 108 Å². The smallest absolute Gasteiger partial charge is 0.0331 e. The van der Waals surface area contributed by atoms with Crippen molar-refractivity contribution in [3.8, 4) is 0 Å². The van der Waals surface area contributed by atoms with Crippen molar-refractivity contribution in [3.63, 3.8) is 0 Å². The van der Waals surface area contributed by atoms with E-state index in [9.17, 15) is 0 Å². The number of rotatable bonds is 2. The fourth-order valence-electron chi connectivity index (χ4n) is 1.86. The molecule has 1 saturated heterocycles. The van der Waals surface area contributed by atoms with Crippen LogP contribution in [0.1, 0.15) is 18.7 Å². The summed E-state index contributed by atoms with van der Waals surface area (Å²) in [5.74, 6) is 1.28. The topological polar surface area (TPSA) is 3.24 Å². The molecule has 2 atom stereocenters. The van der Waals surface area contributed by atoms with Crippen LogP contribution in [0.4, 0.5) is 0 Å². The minimum atomic E-state index is 0.699. The lowest BCUT2D eigenvalue weighted by atomic mass is 10.2. The molecule has 1 nitrogen and oxygen atoms in total. The van der Waals surface area contributed by atoms with Gasteiger partial charge in [0.1, 0.15) is 0 Å². The fraction of sp³-hybridized carbons (Fsp3) is 0.636. The predicted octanol–water partition coefficient (Wildman–Crippen LogP) is 3.84. The summed E-state index contributed by atoms with van der Waals surface area (Å²) in [7, 11) is 0. The number of hydrogen-bond acceptors (Lipinski definition) is 3. The second-order valence-corrected chi connectivity index (χ2v) is 7.41. The van der Waals surface area contributed by atoms with Crippen LogP contribution in [0.15, 0.2) is 15.9 Å². The summed E-state index contributed by atoms with van der Waals surface area (Å²) < 4.78 is 1.22. The number of hydrogen-bond donors (Lipinski definition) is 0. The summed E-state index contributed by atoms with van der Waals surface area (Å²) in [5.41, 5.74) is 0. The third kappa shape index (κ3) is 2.99. The number of thioether (sulfide) groups is 1. The van der Waals surface area contributed by atoms with Crippen molar-refractivity contribution in [1.82, 2.24) is 4.90 Å². The molecule has 0 aromatic carbocycles. The van der Waals surface area contributed by atoms with E-state index in [0.717, 1.165) is 11.8 Å². The molecule has 1 aromatic rings. The molecule has 1 aromatic heterocycles. The molecule has 2 heterocycles. The van der Waals surface area contributed by atoms with Crippen molar-refractivity contribution in [2.75, 3.05) is 12.3 Å². The summed E-state index contributed by atoms with van der Waals surface area (Å²) in [6.45, 7) is 7.03. The van der Waals surface area contributed by atoms with Gasteiger partial charge in [0.25, 0.3) is 0 Å². The highest BCUT2D eigenvalue weighted by Crippen LogP contribution is 2.28. The zero-order chi connectivity index (χ0) is 10.8. The van der Waals surface area contributed by atoms with Crippen LogP contribution in [0.3, 0.4) is 0 Å². The molecule has 84 valence electrons. The van der Waals surface area contributed by atoms with Gasteiger partial charge in [-0.2, -0.15) is 11.8 Å². The Morgan fingerprint density at radius 3 is 3.00 bits per heavy atom. The largest absolute Gasteiger partial charge is 0.294 e. The van der Waals surface area contributed by atoms with Crippen LogP contribution in [0.25, 0.3) is 0 Å². The van der Waals surface area contributed by atoms with Crippen molar-refractivity contribution in [2.45, 2.75) is 31.7 Å². The van der Waals surface area contributed by atoms with E-state index >= 15 is 0 Å². The highest BCUT2D eigenvalue weighted by Gasteiger charge is 2.25. The van der Waals surface area contributed by atoms with Gasteiger partial charge in [0, 0.05) is 44.9 Å². The molecule has 0 N–H and O–H groups in total. The molecular formula is C11H16BrNS2. The van der Waals surface area contributed by atoms with Gasteiger partial charge in [-0.25, -0.2) is 0 Å². The van der Waals surface area contributed by atoms with Crippen LogP contribution >= 0.6 is 39.0 Å². The van der Waals surface area contributed by atoms with Crippen LogP contribution in [0, 0.1) is 0 Å². The lowest BCUT2D eigenvalue weighted by Crippen LogP contribution is -2.43. The average molecular weight is 306 g/mol. The van der Waals surface area contributed by atoms with Gasteiger partial charge in [-0.15, -0.1) is 11.3 Å². The van der Waals surface area contributed by atoms with E-state index in [-0.39, 0.29) is 0 Å². The van der Waals surface area contributed by atoms with Crippen LogP contribution < -0.4 is 0 Å². The molecule has 0 aliphatic carbocycles. The first-order chi connectivity index (χ1) is 7.16. The fourth-order valence-corrected chi connectivity index (χ4v) is 4.49. The molecule has 4 heteroatoms. The first kappa shape index (κ1) is 12.0. The van der Waals surface area contributed by atoms with Crippen molar-refractivity contribution in [1.29, 1.82) is 0 Å². The molecule has 0 spiro atoms. The molecule has 15 heavy (non-hydrogen) atoms. The summed E-state index contributed by atoms with van der Waals surface area (Å²) in [6, 6.07) is 2.94. The van der Waals surface area contributed by atoms with E-state index < -0.39 is 0 Å². The third-order valence-corrected chi connectivity index (χ3v) is 6.02. The van der Waals surface area contributed by atoms with E-state index in [1.165, 1.54) is 21.6 Å². The van der Waals surface area contributed by atoms with E-state index in [0.29, 0.717) is 6.04 Å². The Balaban J connectivity index is 1.99. The minimum Gasteiger partial charge on any atom is -0.294 e. The van der Waals surface area contributed by atoms with Crippen LogP contribution in [0.2, 0.25) is 0 Å². The molecule has 2 unspecified atom stereocenters. The second kappa shape index (κ2) is 5.21. The molecule has 1 aliphatic heterocycles.